The summed E-state index contributed by atoms with van der Waals surface area (Å²) in [7, 11) is 0. The molecule has 1 aliphatic carbocycles. The van der Waals surface area contributed by atoms with Crippen molar-refractivity contribution >= 4 is 23.8 Å². The van der Waals surface area contributed by atoms with Gasteiger partial charge < -0.3 is 25.6 Å². The molecule has 1 aliphatic rings. The molecule has 0 aliphatic heterocycles. The second-order valence-electron chi connectivity index (χ2n) is 7.49. The lowest BCUT2D eigenvalue weighted by Gasteiger charge is -2.28. The standard InChI is InChI=1S/C21H28N2O7/c1-14(18(25)26)23-19(27)21(22,12-17(24)30-16-10-6-3-7-11-16)20(28)29-13-15-8-4-2-5-9-15/h2,4-5,8-9,14,16H,3,6-7,10-13,22H2,1H3,(H,23,27)(H,25,26)/t14-,21-/m0/s1. The van der Waals surface area contributed by atoms with Crippen LogP contribution in [0.3, 0.4) is 0 Å². The minimum atomic E-state index is -2.41. The maximum Gasteiger partial charge on any atom is 0.336 e. The Morgan fingerprint density at radius 3 is 2.40 bits per heavy atom. The third kappa shape index (κ3) is 6.55. The van der Waals surface area contributed by atoms with Crippen LogP contribution < -0.4 is 11.1 Å². The second-order valence-corrected chi connectivity index (χ2v) is 7.49. The topological polar surface area (TPSA) is 145 Å². The fraction of sp³-hybridized carbons (Fsp3) is 0.524. The van der Waals surface area contributed by atoms with E-state index in [2.05, 4.69) is 5.32 Å². The molecule has 1 amide bonds. The van der Waals surface area contributed by atoms with E-state index in [0.717, 1.165) is 19.3 Å². The van der Waals surface area contributed by atoms with E-state index in [9.17, 15) is 19.2 Å². The van der Waals surface area contributed by atoms with E-state index in [1.54, 1.807) is 30.3 Å². The van der Waals surface area contributed by atoms with E-state index in [0.29, 0.717) is 18.4 Å². The maximum atomic E-state index is 12.7. The Bertz CT molecular complexity index is 762. The van der Waals surface area contributed by atoms with E-state index in [-0.39, 0.29) is 12.7 Å². The molecule has 0 radical (unpaired) electrons. The van der Waals surface area contributed by atoms with Gasteiger partial charge in [-0.25, -0.2) is 4.79 Å². The lowest BCUT2D eigenvalue weighted by atomic mass is 9.94. The number of aliphatic carboxylic acids is 1. The van der Waals surface area contributed by atoms with Gasteiger partial charge in [-0.2, -0.15) is 0 Å². The van der Waals surface area contributed by atoms with E-state index < -0.39 is 41.8 Å². The molecule has 0 heterocycles. The van der Waals surface area contributed by atoms with Crippen LogP contribution >= 0.6 is 0 Å². The number of esters is 2. The Hall–Kier alpha value is -2.94. The van der Waals surface area contributed by atoms with Crippen molar-refractivity contribution in [2.75, 3.05) is 0 Å². The van der Waals surface area contributed by atoms with Gasteiger partial charge in [0.05, 0.1) is 6.42 Å². The molecule has 2 atom stereocenters. The smallest absolute Gasteiger partial charge is 0.336 e. The summed E-state index contributed by atoms with van der Waals surface area (Å²) in [5, 5.41) is 11.2. The van der Waals surface area contributed by atoms with E-state index >= 15 is 0 Å². The van der Waals surface area contributed by atoms with Crippen molar-refractivity contribution in [2.45, 2.75) is 69.7 Å². The SMILES string of the molecule is C[C@H](NC(=O)[C@@](N)(CC(=O)OC1CCCCC1)C(=O)OCc1ccccc1)C(=O)O. The molecular formula is C21H28N2O7. The van der Waals surface area contributed by atoms with Crippen molar-refractivity contribution in [3.8, 4) is 0 Å². The normalized spacial score (nSPS) is 17.3. The van der Waals surface area contributed by atoms with Gasteiger partial charge >= 0.3 is 17.9 Å². The number of benzene rings is 1. The first-order valence-electron chi connectivity index (χ1n) is 9.95. The number of rotatable bonds is 9. The van der Waals surface area contributed by atoms with E-state index in [4.69, 9.17) is 20.3 Å². The zero-order valence-electron chi connectivity index (χ0n) is 17.0. The molecule has 9 nitrogen and oxygen atoms in total. The average molecular weight is 420 g/mol. The van der Waals surface area contributed by atoms with Crippen LogP contribution in [0, 0.1) is 0 Å². The molecule has 0 saturated heterocycles. The number of carboxylic acids is 1. The Labute approximate surface area is 174 Å². The van der Waals surface area contributed by atoms with Crippen molar-refractivity contribution in [3.63, 3.8) is 0 Å². The number of hydrogen-bond donors (Lipinski definition) is 3. The Balaban J connectivity index is 2.10. The highest BCUT2D eigenvalue weighted by molar-refractivity contribution is 6.10. The summed E-state index contributed by atoms with van der Waals surface area (Å²) in [6, 6.07) is 7.42. The van der Waals surface area contributed by atoms with Crippen LogP contribution in [0.2, 0.25) is 0 Å². The first kappa shape index (κ1) is 23.3. The van der Waals surface area contributed by atoms with Crippen LogP contribution in [0.25, 0.3) is 0 Å². The fourth-order valence-electron chi connectivity index (χ4n) is 3.12. The number of nitrogens with one attached hydrogen (secondary N) is 1. The molecule has 1 aromatic carbocycles. The van der Waals surface area contributed by atoms with Crippen LogP contribution in [0.15, 0.2) is 30.3 Å². The molecule has 0 unspecified atom stereocenters. The molecule has 9 heteroatoms. The van der Waals surface area contributed by atoms with Gasteiger partial charge in [-0.3, -0.25) is 14.4 Å². The molecule has 2 rings (SSSR count). The summed E-state index contributed by atoms with van der Waals surface area (Å²) in [5.74, 6) is -4.37. The van der Waals surface area contributed by atoms with Gasteiger partial charge in [0.2, 0.25) is 5.54 Å². The highest BCUT2D eigenvalue weighted by Crippen LogP contribution is 2.22. The molecule has 30 heavy (non-hydrogen) atoms. The predicted molar refractivity (Wildman–Crippen MR) is 106 cm³/mol. The molecule has 0 spiro atoms. The third-order valence-corrected chi connectivity index (χ3v) is 4.97. The van der Waals surface area contributed by atoms with Gasteiger partial charge in [0.15, 0.2) is 0 Å². The van der Waals surface area contributed by atoms with Gasteiger partial charge in [-0.1, -0.05) is 36.8 Å². The van der Waals surface area contributed by atoms with Gasteiger partial charge in [-0.15, -0.1) is 0 Å². The first-order valence-corrected chi connectivity index (χ1v) is 9.95. The summed E-state index contributed by atoms with van der Waals surface area (Å²) >= 11 is 0. The van der Waals surface area contributed by atoms with Crippen molar-refractivity contribution < 1.29 is 33.8 Å². The molecule has 4 N–H and O–H groups in total. The van der Waals surface area contributed by atoms with Gasteiger partial charge in [0.1, 0.15) is 18.8 Å². The van der Waals surface area contributed by atoms with Crippen LogP contribution in [0.5, 0.6) is 0 Å². The largest absolute Gasteiger partial charge is 0.480 e. The molecule has 1 aromatic rings. The number of carboxylic acid groups (broad SMARTS) is 1. The number of amides is 1. The highest BCUT2D eigenvalue weighted by Gasteiger charge is 2.47. The Morgan fingerprint density at radius 2 is 1.80 bits per heavy atom. The van der Waals surface area contributed by atoms with Crippen LogP contribution in [0.1, 0.15) is 51.0 Å². The molecule has 1 fully saturated rings. The predicted octanol–water partition coefficient (Wildman–Crippen LogP) is 1.28. The zero-order valence-corrected chi connectivity index (χ0v) is 17.0. The van der Waals surface area contributed by atoms with E-state index in [1.807, 2.05) is 0 Å². The fourth-order valence-corrected chi connectivity index (χ4v) is 3.12. The number of carbonyl (C=O) groups is 4. The lowest BCUT2D eigenvalue weighted by Crippen LogP contribution is -2.63. The number of nitrogens with two attached hydrogens (primary N) is 1. The van der Waals surface area contributed by atoms with Crippen molar-refractivity contribution in [2.24, 2.45) is 5.73 Å². The van der Waals surface area contributed by atoms with Crippen LogP contribution in [-0.4, -0.2) is 46.6 Å². The molecular weight excluding hydrogens is 392 g/mol. The van der Waals surface area contributed by atoms with Gasteiger partial charge in [0.25, 0.3) is 5.91 Å². The lowest BCUT2D eigenvalue weighted by molar-refractivity contribution is -0.164. The molecule has 0 bridgehead atoms. The monoisotopic (exact) mass is 420 g/mol. The number of ether oxygens (including phenoxy) is 2. The molecule has 0 aromatic heterocycles. The third-order valence-electron chi connectivity index (χ3n) is 4.97. The minimum absolute atomic E-state index is 0.155. The van der Waals surface area contributed by atoms with Gasteiger partial charge in [-0.05, 0) is 38.2 Å². The van der Waals surface area contributed by atoms with Crippen molar-refractivity contribution in [1.82, 2.24) is 5.32 Å². The minimum Gasteiger partial charge on any atom is -0.480 e. The van der Waals surface area contributed by atoms with E-state index in [1.165, 1.54) is 6.92 Å². The molecule has 1 saturated carbocycles. The van der Waals surface area contributed by atoms with Gasteiger partial charge in [0, 0.05) is 0 Å². The molecule has 164 valence electrons. The number of carbonyl (C=O) groups excluding carboxylic acids is 3. The Kier molecular flexibility index (Phi) is 8.35. The van der Waals surface area contributed by atoms with Crippen LogP contribution in [-0.2, 0) is 35.3 Å². The van der Waals surface area contributed by atoms with Crippen molar-refractivity contribution in [3.05, 3.63) is 35.9 Å². The van der Waals surface area contributed by atoms with Crippen LogP contribution in [0.4, 0.5) is 0 Å². The highest BCUT2D eigenvalue weighted by atomic mass is 16.5. The second kappa shape index (κ2) is 10.7. The summed E-state index contributed by atoms with van der Waals surface area (Å²) in [6.07, 6.45) is 3.32. The summed E-state index contributed by atoms with van der Waals surface area (Å²) in [4.78, 5) is 48.8. The summed E-state index contributed by atoms with van der Waals surface area (Å²) in [5.41, 5.74) is 4.28. The zero-order chi connectivity index (χ0) is 22.1. The maximum absolute atomic E-state index is 12.7. The summed E-state index contributed by atoms with van der Waals surface area (Å²) < 4.78 is 10.5. The first-order chi connectivity index (χ1) is 14.2. The quantitative estimate of drug-likeness (QED) is 0.400. The number of hydrogen-bond acceptors (Lipinski definition) is 7. The Morgan fingerprint density at radius 1 is 1.17 bits per heavy atom. The average Bonchev–Trinajstić information content (AvgIpc) is 2.73. The van der Waals surface area contributed by atoms with Crippen molar-refractivity contribution in [1.29, 1.82) is 0 Å². The summed E-state index contributed by atoms with van der Waals surface area (Å²) in [6.45, 7) is 1.06.